The molecule has 0 radical (unpaired) electrons. The molecule has 2 heterocycles. The summed E-state index contributed by atoms with van der Waals surface area (Å²) in [6.45, 7) is 3.21. The molecule has 0 fully saturated rings. The van der Waals surface area contributed by atoms with Gasteiger partial charge in [0.15, 0.2) is 11.2 Å². The first-order chi connectivity index (χ1) is 9.31. The van der Waals surface area contributed by atoms with Crippen molar-refractivity contribution >= 4 is 17.1 Å². The van der Waals surface area contributed by atoms with Gasteiger partial charge in [-0.3, -0.25) is 9.78 Å². The number of fused-ring (bicyclic) bond motifs is 1. The molecule has 0 saturated heterocycles. The Morgan fingerprint density at radius 1 is 1.37 bits per heavy atom. The zero-order chi connectivity index (χ0) is 13.5. The van der Waals surface area contributed by atoms with Crippen LogP contribution < -0.4 is 10.9 Å². The zero-order valence-corrected chi connectivity index (χ0v) is 11.0. The van der Waals surface area contributed by atoms with E-state index in [4.69, 9.17) is 4.74 Å². The second-order valence-electron chi connectivity index (χ2n) is 4.31. The van der Waals surface area contributed by atoms with Gasteiger partial charge in [0.2, 0.25) is 5.95 Å². The van der Waals surface area contributed by atoms with E-state index in [1.165, 1.54) is 25.6 Å². The number of H-pyrrole nitrogens is 2. The molecule has 19 heavy (non-hydrogen) atoms. The van der Waals surface area contributed by atoms with E-state index in [1.54, 1.807) is 0 Å². The van der Waals surface area contributed by atoms with Gasteiger partial charge in [0.05, 0.1) is 6.33 Å². The predicted molar refractivity (Wildman–Crippen MR) is 73.1 cm³/mol. The predicted octanol–water partition coefficient (Wildman–Crippen LogP) is 1.61. The number of anilines is 1. The maximum Gasteiger partial charge on any atom is 0.278 e. The van der Waals surface area contributed by atoms with Crippen LogP contribution in [0.1, 0.15) is 32.6 Å². The standard InChI is InChI=1S/C12H19N5O2/c1-2-3-4-5-6-19-8-15-12-16-10-9(11(18)17-12)13-7-14-10/h7H,2-6,8H2,1H3,(H3,13,14,15,16,17,18). The highest BCUT2D eigenvalue weighted by atomic mass is 16.5. The molecule has 0 spiro atoms. The first-order valence-corrected chi connectivity index (χ1v) is 6.56. The van der Waals surface area contributed by atoms with E-state index >= 15 is 0 Å². The lowest BCUT2D eigenvalue weighted by molar-refractivity contribution is 0.147. The molecule has 2 aromatic heterocycles. The highest BCUT2D eigenvalue weighted by Crippen LogP contribution is 2.03. The van der Waals surface area contributed by atoms with Crippen molar-refractivity contribution in [3.8, 4) is 0 Å². The molecule has 0 unspecified atom stereocenters. The van der Waals surface area contributed by atoms with Gasteiger partial charge in [-0.1, -0.05) is 26.2 Å². The number of hydrogen-bond acceptors (Lipinski definition) is 5. The molecule has 0 aliphatic heterocycles. The quantitative estimate of drug-likeness (QED) is 0.498. The summed E-state index contributed by atoms with van der Waals surface area (Å²) in [5, 5.41) is 2.92. The van der Waals surface area contributed by atoms with Crippen LogP contribution in [0.5, 0.6) is 0 Å². The van der Waals surface area contributed by atoms with Crippen LogP contribution in [-0.2, 0) is 4.74 Å². The first kappa shape index (κ1) is 13.5. The minimum absolute atomic E-state index is 0.243. The number of nitrogens with zero attached hydrogens (tertiary/aromatic N) is 2. The molecular formula is C12H19N5O2. The van der Waals surface area contributed by atoms with Crippen molar-refractivity contribution in [3.05, 3.63) is 16.7 Å². The number of aromatic nitrogens is 4. The van der Waals surface area contributed by atoms with Gasteiger partial charge in [-0.2, -0.15) is 4.98 Å². The van der Waals surface area contributed by atoms with Crippen molar-refractivity contribution in [3.63, 3.8) is 0 Å². The Kier molecular flexibility index (Phi) is 4.91. The number of imidazole rings is 1. The molecule has 7 nitrogen and oxygen atoms in total. The van der Waals surface area contributed by atoms with Crippen LogP contribution in [0.4, 0.5) is 5.95 Å². The maximum atomic E-state index is 11.6. The van der Waals surface area contributed by atoms with E-state index in [-0.39, 0.29) is 5.56 Å². The van der Waals surface area contributed by atoms with Gasteiger partial charge in [0.25, 0.3) is 5.56 Å². The van der Waals surface area contributed by atoms with Crippen molar-refractivity contribution in [1.29, 1.82) is 0 Å². The molecule has 7 heteroatoms. The molecule has 2 rings (SSSR count). The Labute approximate surface area is 110 Å². The molecule has 104 valence electrons. The molecule has 0 saturated carbocycles. The minimum Gasteiger partial charge on any atom is -0.361 e. The number of aromatic amines is 2. The lowest BCUT2D eigenvalue weighted by atomic mass is 10.2. The lowest BCUT2D eigenvalue weighted by Crippen LogP contribution is -2.15. The fourth-order valence-corrected chi connectivity index (χ4v) is 1.75. The van der Waals surface area contributed by atoms with Crippen LogP contribution in [-0.4, -0.2) is 33.3 Å². The van der Waals surface area contributed by atoms with Gasteiger partial charge >= 0.3 is 0 Å². The molecule has 0 aliphatic carbocycles. The van der Waals surface area contributed by atoms with Crippen molar-refractivity contribution < 1.29 is 4.74 Å². The van der Waals surface area contributed by atoms with Gasteiger partial charge in [-0.25, -0.2) is 4.98 Å². The van der Waals surface area contributed by atoms with E-state index in [9.17, 15) is 4.79 Å². The molecule has 2 aromatic rings. The maximum absolute atomic E-state index is 11.6. The third kappa shape index (κ3) is 3.78. The molecular weight excluding hydrogens is 246 g/mol. The highest BCUT2D eigenvalue weighted by Gasteiger charge is 2.04. The molecule has 0 amide bonds. The highest BCUT2D eigenvalue weighted by molar-refractivity contribution is 5.69. The molecule has 0 aromatic carbocycles. The molecule has 0 atom stereocenters. The number of rotatable bonds is 8. The van der Waals surface area contributed by atoms with Crippen LogP contribution in [0, 0.1) is 0 Å². The molecule has 3 N–H and O–H groups in total. The van der Waals surface area contributed by atoms with Crippen LogP contribution in [0.25, 0.3) is 11.2 Å². The van der Waals surface area contributed by atoms with Gasteiger partial charge in [0, 0.05) is 6.61 Å². The van der Waals surface area contributed by atoms with Crippen molar-refractivity contribution in [2.24, 2.45) is 0 Å². The summed E-state index contributed by atoms with van der Waals surface area (Å²) in [5.41, 5.74) is 0.535. The van der Waals surface area contributed by atoms with Crippen molar-refractivity contribution in [2.45, 2.75) is 32.6 Å². The second-order valence-corrected chi connectivity index (χ2v) is 4.31. The van der Waals surface area contributed by atoms with E-state index in [1.807, 2.05) is 0 Å². The molecule has 0 bridgehead atoms. The smallest absolute Gasteiger partial charge is 0.278 e. The summed E-state index contributed by atoms with van der Waals surface area (Å²) < 4.78 is 5.42. The summed E-state index contributed by atoms with van der Waals surface area (Å²) in [7, 11) is 0. The van der Waals surface area contributed by atoms with Crippen LogP contribution in [0.2, 0.25) is 0 Å². The van der Waals surface area contributed by atoms with E-state index in [2.05, 4.69) is 32.2 Å². The fraction of sp³-hybridized carbons (Fsp3) is 0.583. The topological polar surface area (TPSA) is 95.7 Å². The third-order valence-electron chi connectivity index (χ3n) is 2.78. The number of ether oxygens (including phenoxy) is 1. The Morgan fingerprint density at radius 2 is 2.26 bits per heavy atom. The normalized spacial score (nSPS) is 11.0. The Morgan fingerprint density at radius 3 is 3.11 bits per heavy atom. The summed E-state index contributed by atoms with van der Waals surface area (Å²) >= 11 is 0. The van der Waals surface area contributed by atoms with Crippen LogP contribution >= 0.6 is 0 Å². The average molecular weight is 265 g/mol. The number of unbranched alkanes of at least 4 members (excludes halogenated alkanes) is 3. The van der Waals surface area contributed by atoms with E-state index in [0.717, 1.165) is 6.42 Å². The second kappa shape index (κ2) is 6.89. The SMILES string of the molecule is CCCCCCOCNc1nc2nc[nH]c2c(=O)[nH]1. The largest absolute Gasteiger partial charge is 0.361 e. The number of nitrogens with one attached hydrogen (secondary N) is 3. The van der Waals surface area contributed by atoms with Crippen molar-refractivity contribution in [1.82, 2.24) is 19.9 Å². The van der Waals surface area contributed by atoms with Crippen LogP contribution in [0.15, 0.2) is 11.1 Å². The van der Waals surface area contributed by atoms with E-state index < -0.39 is 0 Å². The summed E-state index contributed by atoms with van der Waals surface area (Å²) in [6, 6.07) is 0. The van der Waals surface area contributed by atoms with Gasteiger partial charge < -0.3 is 15.0 Å². The lowest BCUT2D eigenvalue weighted by Gasteiger charge is -2.06. The first-order valence-electron chi connectivity index (χ1n) is 6.56. The monoisotopic (exact) mass is 265 g/mol. The zero-order valence-electron chi connectivity index (χ0n) is 11.0. The summed E-state index contributed by atoms with van der Waals surface area (Å²) in [4.78, 5) is 25.1. The van der Waals surface area contributed by atoms with E-state index in [0.29, 0.717) is 30.4 Å². The Bertz CT molecular complexity index is 562. The number of hydrogen-bond donors (Lipinski definition) is 3. The Balaban J connectivity index is 1.77. The van der Waals surface area contributed by atoms with Crippen LogP contribution in [0.3, 0.4) is 0 Å². The van der Waals surface area contributed by atoms with Gasteiger partial charge in [-0.15, -0.1) is 0 Å². The third-order valence-corrected chi connectivity index (χ3v) is 2.78. The minimum atomic E-state index is -0.243. The van der Waals surface area contributed by atoms with Gasteiger partial charge in [0.1, 0.15) is 6.73 Å². The summed E-state index contributed by atoms with van der Waals surface area (Å²) in [5.74, 6) is 0.373. The van der Waals surface area contributed by atoms with Gasteiger partial charge in [-0.05, 0) is 6.42 Å². The summed E-state index contributed by atoms with van der Waals surface area (Å²) in [6.07, 6.45) is 6.14. The Hall–Kier alpha value is -1.89. The average Bonchev–Trinajstić information content (AvgIpc) is 2.86. The fourth-order valence-electron chi connectivity index (χ4n) is 1.75. The molecule has 0 aliphatic rings. The van der Waals surface area contributed by atoms with Crippen molar-refractivity contribution in [2.75, 3.05) is 18.7 Å².